The van der Waals surface area contributed by atoms with Crippen molar-refractivity contribution in [3.63, 3.8) is 0 Å². The normalized spacial score (nSPS) is 16.6. The predicted octanol–water partition coefficient (Wildman–Crippen LogP) is 2.62. The Bertz CT molecular complexity index is 449. The van der Waals surface area contributed by atoms with Gasteiger partial charge in [-0.3, -0.25) is 9.78 Å². The predicted molar refractivity (Wildman–Crippen MR) is 71.8 cm³/mol. The molecule has 4 nitrogen and oxygen atoms in total. The van der Waals surface area contributed by atoms with E-state index in [2.05, 4.69) is 32.6 Å². The van der Waals surface area contributed by atoms with Crippen molar-refractivity contribution in [2.24, 2.45) is 5.41 Å². The van der Waals surface area contributed by atoms with Crippen molar-refractivity contribution in [1.82, 2.24) is 9.97 Å². The average molecular weight is 367 g/mol. The van der Waals surface area contributed by atoms with Gasteiger partial charge in [-0.2, -0.15) is 0 Å². The van der Waals surface area contributed by atoms with E-state index < -0.39 is 5.41 Å². The number of ether oxygens (including phenoxy) is 1. The molecule has 1 fully saturated rings. The molecule has 0 aliphatic heterocycles. The van der Waals surface area contributed by atoms with Crippen LogP contribution in [0.25, 0.3) is 0 Å². The molecule has 17 heavy (non-hydrogen) atoms. The lowest BCUT2D eigenvalue weighted by Gasteiger charge is -2.13. The highest BCUT2D eigenvalue weighted by Gasteiger charge is 2.51. The minimum atomic E-state index is -0.402. The minimum Gasteiger partial charge on any atom is -0.466 e. The summed E-state index contributed by atoms with van der Waals surface area (Å²) in [6, 6.07) is 0. The second-order valence-corrected chi connectivity index (χ2v) is 5.57. The number of hydrogen-bond acceptors (Lipinski definition) is 4. The van der Waals surface area contributed by atoms with Crippen LogP contribution in [0.1, 0.15) is 25.5 Å². The number of carbonyl (C=O) groups excluding carboxylic acids is 1. The lowest BCUT2D eigenvalue weighted by Crippen LogP contribution is -2.22. The Morgan fingerprint density at radius 2 is 2.35 bits per heavy atom. The summed E-state index contributed by atoms with van der Waals surface area (Å²) < 4.78 is 5.82. The first kappa shape index (κ1) is 13.0. The van der Waals surface area contributed by atoms with Gasteiger partial charge in [0.15, 0.2) is 5.15 Å². The van der Waals surface area contributed by atoms with E-state index in [4.69, 9.17) is 16.3 Å². The largest absolute Gasteiger partial charge is 0.466 e. The Hall–Kier alpha value is -0.430. The average Bonchev–Trinajstić information content (AvgIpc) is 3.04. The number of hydrogen-bond donors (Lipinski definition) is 0. The summed E-state index contributed by atoms with van der Waals surface area (Å²) in [5, 5.41) is 0.382. The van der Waals surface area contributed by atoms with Gasteiger partial charge in [0.25, 0.3) is 0 Å². The van der Waals surface area contributed by atoms with Crippen LogP contribution in [0.5, 0.6) is 0 Å². The number of rotatable bonds is 4. The fourth-order valence-corrected chi connectivity index (χ4v) is 2.43. The Balaban J connectivity index is 2.13. The third-order valence-corrected chi connectivity index (χ3v) is 3.66. The van der Waals surface area contributed by atoms with E-state index in [-0.39, 0.29) is 5.97 Å². The SMILES string of the molecule is CCOC(=O)C1(Cc2ncc(I)nc2Cl)CC1. The van der Waals surface area contributed by atoms with Gasteiger partial charge in [-0.25, -0.2) is 4.98 Å². The molecule has 1 aromatic rings. The van der Waals surface area contributed by atoms with Gasteiger partial charge in [0.05, 0.1) is 23.9 Å². The summed E-state index contributed by atoms with van der Waals surface area (Å²) in [7, 11) is 0. The first-order valence-electron chi connectivity index (χ1n) is 5.41. The van der Waals surface area contributed by atoms with Gasteiger partial charge < -0.3 is 4.74 Å². The Labute approximate surface area is 118 Å². The minimum absolute atomic E-state index is 0.142. The van der Waals surface area contributed by atoms with Crippen molar-refractivity contribution in [3.05, 3.63) is 20.7 Å². The standard InChI is InChI=1S/C11H12ClIN2O2/c1-2-17-10(16)11(3-4-11)5-7-9(12)15-8(13)6-14-7/h6H,2-5H2,1H3. The van der Waals surface area contributed by atoms with Gasteiger partial charge in [0.2, 0.25) is 0 Å². The van der Waals surface area contributed by atoms with Crippen LogP contribution in [0.2, 0.25) is 5.15 Å². The highest BCUT2D eigenvalue weighted by Crippen LogP contribution is 2.49. The van der Waals surface area contributed by atoms with Crippen LogP contribution in [-0.2, 0) is 16.0 Å². The monoisotopic (exact) mass is 366 g/mol. The van der Waals surface area contributed by atoms with Crippen molar-refractivity contribution in [2.45, 2.75) is 26.2 Å². The summed E-state index contributed by atoms with van der Waals surface area (Å²) in [5.74, 6) is -0.142. The van der Waals surface area contributed by atoms with Crippen molar-refractivity contribution in [2.75, 3.05) is 6.61 Å². The second kappa shape index (κ2) is 5.06. The third kappa shape index (κ3) is 2.88. The third-order valence-electron chi connectivity index (χ3n) is 2.84. The Kier molecular flexibility index (Phi) is 3.87. The zero-order valence-electron chi connectivity index (χ0n) is 9.37. The maximum Gasteiger partial charge on any atom is 0.312 e. The van der Waals surface area contributed by atoms with Gasteiger partial charge in [-0.05, 0) is 42.4 Å². The van der Waals surface area contributed by atoms with Crippen molar-refractivity contribution < 1.29 is 9.53 Å². The van der Waals surface area contributed by atoms with E-state index in [1.54, 1.807) is 6.20 Å². The topological polar surface area (TPSA) is 52.1 Å². The molecule has 1 aromatic heterocycles. The molecular weight excluding hydrogens is 354 g/mol. The summed E-state index contributed by atoms with van der Waals surface area (Å²) in [5.41, 5.74) is 0.277. The molecular formula is C11H12ClIN2O2. The molecule has 1 saturated carbocycles. The zero-order valence-corrected chi connectivity index (χ0v) is 12.3. The summed E-state index contributed by atoms with van der Waals surface area (Å²) in [6.45, 7) is 2.22. The lowest BCUT2D eigenvalue weighted by atomic mass is 10.0. The lowest BCUT2D eigenvalue weighted by molar-refractivity contribution is -0.149. The van der Waals surface area contributed by atoms with E-state index in [1.165, 1.54) is 0 Å². The van der Waals surface area contributed by atoms with Gasteiger partial charge in [-0.1, -0.05) is 11.6 Å². The highest BCUT2D eigenvalue weighted by molar-refractivity contribution is 14.1. The first-order valence-corrected chi connectivity index (χ1v) is 6.87. The molecule has 2 rings (SSSR count). The molecule has 0 amide bonds. The smallest absolute Gasteiger partial charge is 0.312 e. The van der Waals surface area contributed by atoms with E-state index in [0.29, 0.717) is 23.9 Å². The molecule has 0 radical (unpaired) electrons. The maximum atomic E-state index is 11.8. The maximum absolute atomic E-state index is 11.8. The van der Waals surface area contributed by atoms with Gasteiger partial charge in [-0.15, -0.1) is 0 Å². The van der Waals surface area contributed by atoms with Gasteiger partial charge in [0.1, 0.15) is 3.70 Å². The zero-order chi connectivity index (χ0) is 12.5. The molecule has 1 aliphatic rings. The molecule has 1 heterocycles. The molecule has 0 aromatic carbocycles. The fourth-order valence-electron chi connectivity index (χ4n) is 1.70. The Morgan fingerprint density at radius 1 is 1.65 bits per heavy atom. The van der Waals surface area contributed by atoms with E-state index >= 15 is 0 Å². The number of esters is 1. The molecule has 0 unspecified atom stereocenters. The molecule has 6 heteroatoms. The van der Waals surface area contributed by atoms with E-state index in [9.17, 15) is 4.79 Å². The molecule has 92 valence electrons. The second-order valence-electron chi connectivity index (χ2n) is 4.11. The number of carbonyl (C=O) groups is 1. The van der Waals surface area contributed by atoms with Crippen LogP contribution in [0.3, 0.4) is 0 Å². The van der Waals surface area contributed by atoms with Crippen molar-refractivity contribution >= 4 is 40.2 Å². The molecule has 0 atom stereocenters. The summed E-state index contributed by atoms with van der Waals surface area (Å²) >= 11 is 8.07. The van der Waals surface area contributed by atoms with Crippen LogP contribution in [0.15, 0.2) is 6.20 Å². The molecule has 0 bridgehead atoms. The molecule has 0 spiro atoms. The first-order chi connectivity index (χ1) is 8.07. The molecule has 1 aliphatic carbocycles. The molecule has 0 saturated heterocycles. The van der Waals surface area contributed by atoms with Gasteiger partial charge in [0, 0.05) is 6.42 Å². The van der Waals surface area contributed by atoms with Crippen LogP contribution in [-0.4, -0.2) is 22.5 Å². The summed E-state index contributed by atoms with van der Waals surface area (Å²) in [6.07, 6.45) is 3.86. The van der Waals surface area contributed by atoms with Crippen LogP contribution < -0.4 is 0 Å². The van der Waals surface area contributed by atoms with E-state index in [0.717, 1.165) is 16.5 Å². The van der Waals surface area contributed by atoms with Crippen molar-refractivity contribution in [3.8, 4) is 0 Å². The number of halogens is 2. The van der Waals surface area contributed by atoms with E-state index in [1.807, 2.05) is 6.92 Å². The van der Waals surface area contributed by atoms with Crippen LogP contribution in [0, 0.1) is 9.12 Å². The van der Waals surface area contributed by atoms with Gasteiger partial charge >= 0.3 is 5.97 Å². The Morgan fingerprint density at radius 3 is 2.88 bits per heavy atom. The molecule has 0 N–H and O–H groups in total. The summed E-state index contributed by atoms with van der Waals surface area (Å²) in [4.78, 5) is 20.2. The van der Waals surface area contributed by atoms with Crippen LogP contribution in [0.4, 0.5) is 0 Å². The fraction of sp³-hybridized carbons (Fsp3) is 0.545. The van der Waals surface area contributed by atoms with Crippen molar-refractivity contribution in [1.29, 1.82) is 0 Å². The van der Waals surface area contributed by atoms with Crippen LogP contribution >= 0.6 is 34.2 Å². The quantitative estimate of drug-likeness (QED) is 0.607. The number of nitrogens with zero attached hydrogens (tertiary/aromatic N) is 2. The highest BCUT2D eigenvalue weighted by atomic mass is 127. The number of aromatic nitrogens is 2.